The van der Waals surface area contributed by atoms with E-state index in [1.807, 2.05) is 0 Å². The van der Waals surface area contributed by atoms with Crippen LogP contribution in [0.2, 0.25) is 0 Å². The number of rotatable bonds is 4. The summed E-state index contributed by atoms with van der Waals surface area (Å²) in [5.74, 6) is -0.429. The number of piperazine rings is 1. The van der Waals surface area contributed by atoms with Gasteiger partial charge in [-0.05, 0) is 31.5 Å². The number of benzene rings is 2. The van der Waals surface area contributed by atoms with Gasteiger partial charge in [0.1, 0.15) is 10.8 Å². The number of nitrogens with zero attached hydrogens (tertiary/aromatic N) is 3. The van der Waals surface area contributed by atoms with E-state index in [9.17, 15) is 9.18 Å². The molecule has 0 saturated carbocycles. The first-order chi connectivity index (χ1) is 14.0. The van der Waals surface area contributed by atoms with Crippen LogP contribution in [0.3, 0.4) is 0 Å². The van der Waals surface area contributed by atoms with Gasteiger partial charge in [-0.3, -0.25) is 9.69 Å². The zero-order chi connectivity index (χ0) is 20.4. The molecule has 0 radical (unpaired) electrons. The SMILES string of the molecule is Cc1ccc(-c2nc(CN3CCN(C(=O)c4ccc(C)c(F)c4)CC3)cs2)cc1. The molecule has 0 bridgehead atoms. The van der Waals surface area contributed by atoms with E-state index in [1.54, 1.807) is 35.3 Å². The molecule has 1 aromatic heterocycles. The fraction of sp³-hybridized carbons (Fsp3) is 0.304. The molecule has 4 nitrogen and oxygen atoms in total. The number of carbonyl (C=O) groups excluding carboxylic acids is 1. The number of thiazole rings is 1. The average molecular weight is 410 g/mol. The maximum Gasteiger partial charge on any atom is 0.254 e. The lowest BCUT2D eigenvalue weighted by Crippen LogP contribution is -2.48. The minimum atomic E-state index is -0.331. The van der Waals surface area contributed by atoms with Crippen molar-refractivity contribution in [3.05, 3.63) is 76.0 Å². The maximum absolute atomic E-state index is 13.8. The van der Waals surface area contributed by atoms with E-state index in [-0.39, 0.29) is 11.7 Å². The molecule has 1 fully saturated rings. The molecule has 0 spiro atoms. The van der Waals surface area contributed by atoms with Crippen LogP contribution in [0.5, 0.6) is 0 Å². The van der Waals surface area contributed by atoms with E-state index >= 15 is 0 Å². The van der Waals surface area contributed by atoms with Crippen LogP contribution in [0.4, 0.5) is 4.39 Å². The number of hydrogen-bond acceptors (Lipinski definition) is 4. The van der Waals surface area contributed by atoms with Gasteiger partial charge in [0.05, 0.1) is 5.69 Å². The van der Waals surface area contributed by atoms with E-state index in [1.165, 1.54) is 11.6 Å². The second-order valence-electron chi connectivity index (χ2n) is 7.54. The molecule has 29 heavy (non-hydrogen) atoms. The Hall–Kier alpha value is -2.57. The van der Waals surface area contributed by atoms with Gasteiger partial charge in [-0.1, -0.05) is 35.9 Å². The standard InChI is InChI=1S/C23H24FN3OS/c1-16-3-6-18(7-4-16)22-25-20(15-29-22)14-26-9-11-27(12-10-26)23(28)19-8-5-17(2)21(24)13-19/h3-8,13,15H,9-12,14H2,1-2H3. The van der Waals surface area contributed by atoms with Gasteiger partial charge < -0.3 is 4.90 Å². The number of halogens is 1. The Morgan fingerprint density at radius 1 is 1.07 bits per heavy atom. The normalized spacial score (nSPS) is 14.9. The summed E-state index contributed by atoms with van der Waals surface area (Å²) in [5.41, 5.74) is 4.42. The lowest BCUT2D eigenvalue weighted by atomic mass is 10.1. The van der Waals surface area contributed by atoms with E-state index in [0.29, 0.717) is 24.2 Å². The highest BCUT2D eigenvalue weighted by Crippen LogP contribution is 2.25. The van der Waals surface area contributed by atoms with Gasteiger partial charge in [-0.2, -0.15) is 0 Å². The molecule has 2 heterocycles. The van der Waals surface area contributed by atoms with Crippen molar-refractivity contribution in [3.8, 4) is 10.6 Å². The Balaban J connectivity index is 1.33. The van der Waals surface area contributed by atoms with Crippen molar-refractivity contribution in [2.45, 2.75) is 20.4 Å². The molecule has 1 saturated heterocycles. The summed E-state index contributed by atoms with van der Waals surface area (Å²) in [6.45, 7) is 7.42. The Kier molecular flexibility index (Phi) is 5.74. The second kappa shape index (κ2) is 8.43. The molecular formula is C23H24FN3OS. The molecular weight excluding hydrogens is 385 g/mol. The molecule has 3 aromatic rings. The third-order valence-corrected chi connectivity index (χ3v) is 6.25. The third-order valence-electron chi connectivity index (χ3n) is 5.31. The predicted octanol–water partition coefficient (Wildman–Crippen LogP) is 4.52. The highest BCUT2D eigenvalue weighted by Gasteiger charge is 2.23. The second-order valence-corrected chi connectivity index (χ2v) is 8.40. The van der Waals surface area contributed by atoms with E-state index < -0.39 is 0 Å². The average Bonchev–Trinajstić information content (AvgIpc) is 3.19. The van der Waals surface area contributed by atoms with Gasteiger partial charge in [-0.15, -0.1) is 11.3 Å². The van der Waals surface area contributed by atoms with Gasteiger partial charge in [0.2, 0.25) is 0 Å². The first-order valence-corrected chi connectivity index (χ1v) is 10.7. The molecule has 2 aromatic carbocycles. The number of aromatic nitrogens is 1. The minimum absolute atomic E-state index is 0.0983. The molecule has 1 amide bonds. The molecule has 4 rings (SSSR count). The van der Waals surface area contributed by atoms with Crippen LogP contribution in [0.25, 0.3) is 10.6 Å². The first-order valence-electron chi connectivity index (χ1n) is 9.79. The molecule has 0 unspecified atom stereocenters. The molecule has 1 aliphatic rings. The largest absolute Gasteiger partial charge is 0.336 e. The number of aryl methyl sites for hydroxylation is 2. The molecule has 1 aliphatic heterocycles. The smallest absolute Gasteiger partial charge is 0.254 e. The molecule has 150 valence electrons. The number of carbonyl (C=O) groups is 1. The van der Waals surface area contributed by atoms with Crippen molar-refractivity contribution in [2.75, 3.05) is 26.2 Å². The highest BCUT2D eigenvalue weighted by atomic mass is 32.1. The van der Waals surface area contributed by atoms with E-state index in [0.717, 1.165) is 35.9 Å². The van der Waals surface area contributed by atoms with Crippen molar-refractivity contribution >= 4 is 17.2 Å². The van der Waals surface area contributed by atoms with Crippen molar-refractivity contribution in [3.63, 3.8) is 0 Å². The first kappa shape index (κ1) is 19.7. The predicted molar refractivity (Wildman–Crippen MR) is 115 cm³/mol. The van der Waals surface area contributed by atoms with Crippen LogP contribution in [0.1, 0.15) is 27.2 Å². The quantitative estimate of drug-likeness (QED) is 0.636. The van der Waals surface area contributed by atoms with Crippen LogP contribution < -0.4 is 0 Å². The Morgan fingerprint density at radius 2 is 1.79 bits per heavy atom. The summed E-state index contributed by atoms with van der Waals surface area (Å²) in [6.07, 6.45) is 0. The van der Waals surface area contributed by atoms with Crippen molar-refractivity contribution in [1.29, 1.82) is 0 Å². The third kappa shape index (κ3) is 4.54. The van der Waals surface area contributed by atoms with Crippen LogP contribution >= 0.6 is 11.3 Å². The summed E-state index contributed by atoms with van der Waals surface area (Å²) in [6, 6.07) is 13.1. The Bertz CT molecular complexity index is 1010. The van der Waals surface area contributed by atoms with Crippen molar-refractivity contribution in [2.24, 2.45) is 0 Å². The zero-order valence-electron chi connectivity index (χ0n) is 16.7. The van der Waals surface area contributed by atoms with E-state index in [4.69, 9.17) is 4.98 Å². The van der Waals surface area contributed by atoms with Crippen LogP contribution in [0.15, 0.2) is 47.8 Å². The van der Waals surface area contributed by atoms with Crippen LogP contribution in [-0.4, -0.2) is 46.9 Å². The van der Waals surface area contributed by atoms with Gasteiger partial charge in [0.15, 0.2) is 0 Å². The van der Waals surface area contributed by atoms with Gasteiger partial charge in [0.25, 0.3) is 5.91 Å². The lowest BCUT2D eigenvalue weighted by molar-refractivity contribution is 0.0627. The van der Waals surface area contributed by atoms with Gasteiger partial charge >= 0.3 is 0 Å². The molecule has 0 N–H and O–H groups in total. The lowest BCUT2D eigenvalue weighted by Gasteiger charge is -2.34. The summed E-state index contributed by atoms with van der Waals surface area (Å²) in [4.78, 5) is 21.5. The van der Waals surface area contributed by atoms with Crippen LogP contribution in [0, 0.1) is 19.7 Å². The molecule has 6 heteroatoms. The zero-order valence-corrected chi connectivity index (χ0v) is 17.5. The number of amides is 1. The summed E-state index contributed by atoms with van der Waals surface area (Å²) in [5, 5.41) is 3.15. The van der Waals surface area contributed by atoms with Crippen molar-refractivity contribution in [1.82, 2.24) is 14.8 Å². The topological polar surface area (TPSA) is 36.4 Å². The maximum atomic E-state index is 13.8. The minimum Gasteiger partial charge on any atom is -0.336 e. The fourth-order valence-corrected chi connectivity index (χ4v) is 4.27. The Labute approximate surface area is 174 Å². The molecule has 0 atom stereocenters. The summed E-state index contributed by atoms with van der Waals surface area (Å²) < 4.78 is 13.8. The van der Waals surface area contributed by atoms with Gasteiger partial charge in [-0.25, -0.2) is 9.37 Å². The summed E-state index contributed by atoms with van der Waals surface area (Å²) in [7, 11) is 0. The van der Waals surface area contributed by atoms with Crippen molar-refractivity contribution < 1.29 is 9.18 Å². The van der Waals surface area contributed by atoms with Gasteiger partial charge in [0, 0.05) is 49.2 Å². The summed E-state index contributed by atoms with van der Waals surface area (Å²) >= 11 is 1.66. The van der Waals surface area contributed by atoms with Crippen LogP contribution in [-0.2, 0) is 6.54 Å². The number of hydrogen-bond donors (Lipinski definition) is 0. The molecule has 0 aliphatic carbocycles. The van der Waals surface area contributed by atoms with E-state index in [2.05, 4.69) is 41.5 Å². The Morgan fingerprint density at radius 3 is 2.48 bits per heavy atom. The fourth-order valence-electron chi connectivity index (χ4n) is 3.45. The monoisotopic (exact) mass is 409 g/mol. The highest BCUT2D eigenvalue weighted by molar-refractivity contribution is 7.13.